The number of carbonyl (C=O) groups excluding carboxylic acids is 17. The minimum atomic E-state index is -1.91. The number of likely N-dealkylation sites (N-methyl/N-ethyl adjacent to an activating group) is 3. The number of aromatic amines is 2. The van der Waals surface area contributed by atoms with Gasteiger partial charge in [0.25, 0.3) is 0 Å². The van der Waals surface area contributed by atoms with E-state index in [1.165, 1.54) is 52.3 Å². The number of benzene rings is 3. The molecule has 1 unspecified atom stereocenters. The average Bonchev–Trinajstić information content (AvgIpc) is 1.61. The summed E-state index contributed by atoms with van der Waals surface area (Å²) in [6.07, 6.45) is -0.117. The van der Waals surface area contributed by atoms with Crippen LogP contribution in [-0.2, 0) is 101 Å². The molecule has 25 N–H and O–H groups in total. The lowest BCUT2D eigenvalue weighted by Gasteiger charge is -2.36. The van der Waals surface area contributed by atoms with Crippen molar-refractivity contribution in [3.63, 3.8) is 0 Å². The number of aliphatic hydroxyl groups is 4. The summed E-state index contributed by atoms with van der Waals surface area (Å²) in [7, 11) is 3.86. The Morgan fingerprint density at radius 2 is 1.02 bits per heavy atom. The first-order chi connectivity index (χ1) is 62.9. The van der Waals surface area contributed by atoms with Crippen LogP contribution in [0.25, 0.3) is 21.8 Å². The lowest BCUT2D eigenvalue weighted by Crippen LogP contribution is -2.61. The first kappa shape index (κ1) is 104. The topological polar surface area (TPSA) is 673 Å². The van der Waals surface area contributed by atoms with E-state index >= 15 is 28.8 Å². The monoisotopic (exact) mass is 1860 g/mol. The number of nitrogens with one attached hydrogen (secondary N) is 14. The van der Waals surface area contributed by atoms with Gasteiger partial charge in [-0.15, -0.1) is 11.8 Å². The molecular formula is C87H124N22O22S. The summed E-state index contributed by atoms with van der Waals surface area (Å²) < 4.78 is 0. The predicted octanol–water partition coefficient (Wildman–Crippen LogP) is -5.18. The van der Waals surface area contributed by atoms with Crippen molar-refractivity contribution in [1.29, 1.82) is 5.41 Å². The number of H-pyrrole nitrogens is 2. The Morgan fingerprint density at radius 1 is 0.508 bits per heavy atom. The number of phenolic OH excluding ortho intramolecular Hbond substituents is 1. The molecule has 3 saturated heterocycles. The van der Waals surface area contributed by atoms with Gasteiger partial charge in [0.2, 0.25) is 100 Å². The molecule has 44 nitrogen and oxygen atoms in total. The smallest absolute Gasteiger partial charge is 0.246 e. The summed E-state index contributed by atoms with van der Waals surface area (Å²) in [4.78, 5) is 259. The fourth-order valence-electron chi connectivity index (χ4n) is 16.1. The van der Waals surface area contributed by atoms with Crippen LogP contribution < -0.4 is 75.7 Å². The number of para-hydroxylation sites is 2. The zero-order chi connectivity index (χ0) is 96.7. The number of carbonyl (C=O) groups is 17. The number of nitrogens with zero attached hydrogens (tertiary/aromatic N) is 5. The number of phenols is 1. The van der Waals surface area contributed by atoms with Crippen molar-refractivity contribution in [1.82, 2.24) is 93.0 Å². The van der Waals surface area contributed by atoms with Crippen LogP contribution in [0, 0.1) is 5.41 Å². The van der Waals surface area contributed by atoms with Crippen LogP contribution in [0.5, 0.6) is 5.75 Å². The SMILES string of the molecule is CCCC[C@H]1C(=O)N(C)[C@@H](CCCC)C(=O)N[C@@H](CCCNC(=N)N)C(=O)NC(C(=O)NCC(N)=O)CSCC(=O)N[C@@H](Cc2ccc(O)cc2)C(=O)N(C)[C@@H](C)C(=O)N[C@@H](CC(N)=O)C(=O)N2CCC[C@H]2C(=O)N[C@@H](CO)C(=O)N[C@@H](CCO)C(=O)N2C[C@H](O)C[C@H]2C(=O)N[C@@H](Cc2c[nH]c3ccccc23)C(=O)N[C@@H](CCO)C(=O)N[C@@H](Cc2c[nH]c3ccccc23)C(=O)N1C. The molecule has 8 rings (SSSR count). The number of primary amides is 2. The molecule has 3 aromatic carbocycles. The molecule has 15 atom stereocenters. The quantitative estimate of drug-likeness (QED) is 0.0140. The average molecular weight is 1860 g/mol. The summed E-state index contributed by atoms with van der Waals surface area (Å²) in [5, 5.41) is 90.6. The number of unbranched alkanes of at least 4 members (excludes halogenated alkanes) is 2. The van der Waals surface area contributed by atoms with E-state index in [9.17, 15) is 78.3 Å². The maximum atomic E-state index is 15.8. The summed E-state index contributed by atoms with van der Waals surface area (Å²) in [6.45, 7) is 0.720. The van der Waals surface area contributed by atoms with Gasteiger partial charge in [-0.1, -0.05) is 88.1 Å². The highest BCUT2D eigenvalue weighted by atomic mass is 32.2. The zero-order valence-electron chi connectivity index (χ0n) is 74.7. The number of rotatable bonds is 26. The van der Waals surface area contributed by atoms with Crippen molar-refractivity contribution in [3.8, 4) is 5.75 Å². The fourth-order valence-corrected chi connectivity index (χ4v) is 16.9. The number of hydrogen-bond acceptors (Lipinski definition) is 24. The Balaban J connectivity index is 1.19. The molecule has 720 valence electrons. The van der Waals surface area contributed by atoms with Crippen LogP contribution in [-0.4, -0.2) is 336 Å². The third kappa shape index (κ3) is 29.0. The van der Waals surface area contributed by atoms with E-state index in [0.29, 0.717) is 64.2 Å². The molecule has 0 aliphatic carbocycles. The van der Waals surface area contributed by atoms with Gasteiger partial charge in [0, 0.05) is 120 Å². The Hall–Kier alpha value is -13.0. The Morgan fingerprint density at radius 3 is 1.62 bits per heavy atom. The van der Waals surface area contributed by atoms with E-state index in [0.717, 1.165) is 36.3 Å². The standard InChI is InChI=1S/C87H124N22O22S/c1-7-9-22-66-79(124)98-57(21-15-31-92-87(90)91)75(120)104-65(74(119)95-42-71(89)116)45-132-46-72(117)96-61(35-48-25-27-51(113)28-26-48)82(127)105(4)47(3)73(118)101-63(39-70(88)115)85(130)108-32-16-24-67(108)80(125)103-64(44-112)78(123)99-59(30-34-111)84(129)109-43-52(114)38-69(109)81(126)100-60(36-49-40-93-55-19-13-11-17-53(49)55)77(122)97-58(29-33-110)76(121)102-62(37-50-41-94-56-20-14-12-18-54(50)56)83(128)107(6)68(23-10-8-2)86(131)106(66)5/h11-14,17-20,25-28,40-41,47,52,57-69,93-94,110-114H,7-10,15-16,21-24,29-39,42-46H2,1-6H3,(H2,88,115)(H2,89,116)(H,95,119)(H,96,117)(H,97,122)(H,98,124)(H,99,123)(H,100,126)(H,101,118)(H,102,121)(H,103,125)(H,104,120)(H4,90,91,92)/t47-,52+,57-,58-,59-,60-,61-,62-,63-,64-,65?,66-,67-,68-,69-/m0/s1. The molecule has 3 aliphatic heterocycles. The van der Waals surface area contributed by atoms with Gasteiger partial charge in [-0.3, -0.25) is 86.9 Å². The zero-order valence-corrected chi connectivity index (χ0v) is 75.5. The Bertz CT molecular complexity index is 4940. The van der Waals surface area contributed by atoms with Crippen molar-refractivity contribution in [2.45, 2.75) is 221 Å². The van der Waals surface area contributed by atoms with Crippen LogP contribution >= 0.6 is 11.8 Å². The normalized spacial score (nSPS) is 25.0. The third-order valence-electron chi connectivity index (χ3n) is 23.5. The van der Waals surface area contributed by atoms with Crippen LogP contribution in [0.2, 0.25) is 0 Å². The number of fused-ring (bicyclic) bond motifs is 4. The van der Waals surface area contributed by atoms with Crippen molar-refractivity contribution < 1.29 is 107 Å². The molecule has 0 bridgehead atoms. The molecule has 3 aliphatic rings. The number of amides is 17. The fraction of sp³-hybridized carbons (Fsp3) is 0.540. The highest BCUT2D eigenvalue weighted by Gasteiger charge is 2.47. The first-order valence-corrected chi connectivity index (χ1v) is 45.1. The van der Waals surface area contributed by atoms with Gasteiger partial charge in [-0.05, 0) is 99.2 Å². The Kier molecular flexibility index (Phi) is 39.9. The number of aromatic nitrogens is 2. The number of guanidine groups is 1. The van der Waals surface area contributed by atoms with Gasteiger partial charge in [0.15, 0.2) is 5.96 Å². The molecule has 5 aromatic rings. The van der Waals surface area contributed by atoms with E-state index in [1.54, 1.807) is 60.9 Å². The van der Waals surface area contributed by atoms with E-state index in [1.807, 2.05) is 13.8 Å². The predicted molar refractivity (Wildman–Crippen MR) is 481 cm³/mol. The van der Waals surface area contributed by atoms with E-state index in [2.05, 4.69) is 68.5 Å². The first-order valence-electron chi connectivity index (χ1n) is 43.9. The second-order valence-electron chi connectivity index (χ2n) is 33.1. The molecule has 0 radical (unpaired) electrons. The second-order valence-corrected chi connectivity index (χ2v) is 34.1. The molecule has 5 heterocycles. The number of aliphatic hydroxyl groups excluding tert-OH is 4. The summed E-state index contributed by atoms with van der Waals surface area (Å²) in [5.41, 5.74) is 19.3. The van der Waals surface area contributed by atoms with E-state index in [4.69, 9.17) is 22.6 Å². The summed E-state index contributed by atoms with van der Waals surface area (Å²) in [6, 6.07) is -3.14. The minimum Gasteiger partial charge on any atom is -0.508 e. The third-order valence-corrected chi connectivity index (χ3v) is 24.5. The molecule has 2 aromatic heterocycles. The van der Waals surface area contributed by atoms with E-state index < -0.39 is 267 Å². The van der Waals surface area contributed by atoms with Crippen LogP contribution in [0.4, 0.5) is 0 Å². The highest BCUT2D eigenvalue weighted by Crippen LogP contribution is 2.28. The summed E-state index contributed by atoms with van der Waals surface area (Å²) in [5.74, 6) is -18.5. The van der Waals surface area contributed by atoms with Gasteiger partial charge in [0.1, 0.15) is 90.3 Å². The highest BCUT2D eigenvalue weighted by molar-refractivity contribution is 8.00. The van der Waals surface area contributed by atoms with Gasteiger partial charge in [-0.25, -0.2) is 0 Å². The van der Waals surface area contributed by atoms with Crippen molar-refractivity contribution in [2.24, 2.45) is 17.2 Å². The molecule has 0 spiro atoms. The maximum absolute atomic E-state index is 15.8. The number of hydrogen-bond donors (Lipinski definition) is 22. The van der Waals surface area contributed by atoms with Crippen molar-refractivity contribution in [3.05, 3.63) is 102 Å². The number of aromatic hydroxyl groups is 1. The lowest BCUT2D eigenvalue weighted by atomic mass is 9.99. The Labute approximate surface area is 765 Å². The molecule has 3 fully saturated rings. The lowest BCUT2D eigenvalue weighted by molar-refractivity contribution is -0.149. The number of nitrogens with two attached hydrogens (primary N) is 3. The molecule has 17 amide bonds. The molecular weight excluding hydrogens is 1740 g/mol. The minimum absolute atomic E-state index is 0.0172. The number of thioether (sulfide) groups is 1. The summed E-state index contributed by atoms with van der Waals surface area (Å²) >= 11 is 0.747. The van der Waals surface area contributed by atoms with Crippen molar-refractivity contribution in [2.75, 3.05) is 78.6 Å². The largest absolute Gasteiger partial charge is 0.508 e. The van der Waals surface area contributed by atoms with Gasteiger partial charge >= 0.3 is 0 Å². The van der Waals surface area contributed by atoms with Gasteiger partial charge in [-0.2, -0.15) is 0 Å². The molecule has 0 saturated carbocycles. The van der Waals surface area contributed by atoms with Gasteiger partial charge in [0.05, 0.1) is 31.4 Å². The van der Waals surface area contributed by atoms with E-state index in [-0.39, 0.29) is 76.6 Å². The van der Waals surface area contributed by atoms with Crippen LogP contribution in [0.3, 0.4) is 0 Å². The van der Waals surface area contributed by atoms with Crippen LogP contribution in [0.15, 0.2) is 85.2 Å². The van der Waals surface area contributed by atoms with Crippen LogP contribution in [0.1, 0.15) is 127 Å². The maximum Gasteiger partial charge on any atom is 0.246 e. The molecule has 45 heteroatoms. The molecule has 132 heavy (non-hydrogen) atoms. The van der Waals surface area contributed by atoms with Gasteiger partial charge < -0.3 is 136 Å². The van der Waals surface area contributed by atoms with Crippen molar-refractivity contribution >= 4 is 140 Å². The second kappa shape index (κ2) is 50.4.